The Morgan fingerprint density at radius 1 is 1.06 bits per heavy atom. The lowest BCUT2D eigenvalue weighted by atomic mass is 9.98. The molecule has 1 aliphatic rings. The fraction of sp³-hybridized carbons (Fsp3) is 0.407. The van der Waals surface area contributed by atoms with Gasteiger partial charge in [-0.05, 0) is 55.2 Å². The zero-order valence-corrected chi connectivity index (χ0v) is 19.2. The van der Waals surface area contributed by atoms with Crippen LogP contribution in [0.5, 0.6) is 0 Å². The largest absolute Gasteiger partial charge is 0.466 e. The molecule has 174 valence electrons. The molecule has 0 saturated carbocycles. The topological polar surface area (TPSA) is 76.6 Å². The summed E-state index contributed by atoms with van der Waals surface area (Å²) in [7, 11) is 0. The highest BCUT2D eigenvalue weighted by Crippen LogP contribution is 2.38. The van der Waals surface area contributed by atoms with Crippen LogP contribution < -0.4 is 4.90 Å². The van der Waals surface area contributed by atoms with Crippen LogP contribution in [0.4, 0.5) is 5.69 Å². The van der Waals surface area contributed by atoms with E-state index in [0.717, 1.165) is 42.5 Å². The molecule has 1 unspecified atom stereocenters. The van der Waals surface area contributed by atoms with Gasteiger partial charge in [0.05, 0.1) is 13.0 Å². The Morgan fingerprint density at radius 3 is 2.61 bits per heavy atom. The van der Waals surface area contributed by atoms with E-state index in [2.05, 4.69) is 4.98 Å². The zero-order chi connectivity index (χ0) is 23.5. The monoisotopic (exact) mass is 448 g/mol. The molecule has 1 amide bonds. The van der Waals surface area contributed by atoms with Gasteiger partial charge in [0.25, 0.3) is 0 Å². The molecule has 6 heteroatoms. The summed E-state index contributed by atoms with van der Waals surface area (Å²) >= 11 is 0. The van der Waals surface area contributed by atoms with E-state index in [-0.39, 0.29) is 30.0 Å². The van der Waals surface area contributed by atoms with Gasteiger partial charge in [-0.1, -0.05) is 37.1 Å². The molecular weight excluding hydrogens is 416 g/mol. The van der Waals surface area contributed by atoms with Gasteiger partial charge in [0, 0.05) is 43.4 Å². The molecule has 0 bridgehead atoms. The van der Waals surface area contributed by atoms with Crippen molar-refractivity contribution in [3.8, 4) is 0 Å². The summed E-state index contributed by atoms with van der Waals surface area (Å²) in [6, 6.07) is 11.6. The lowest BCUT2D eigenvalue weighted by Crippen LogP contribution is -2.30. The molecule has 0 N–H and O–H groups in total. The minimum Gasteiger partial charge on any atom is -0.466 e. The van der Waals surface area contributed by atoms with Crippen LogP contribution >= 0.6 is 0 Å². The molecule has 0 fully saturated rings. The minimum atomic E-state index is -0.226. The number of para-hydroxylation sites is 1. The third kappa shape index (κ3) is 7.38. The number of anilines is 1. The Balaban J connectivity index is 1.38. The van der Waals surface area contributed by atoms with Crippen molar-refractivity contribution in [1.82, 2.24) is 4.98 Å². The number of esters is 1. The molecule has 1 aromatic carbocycles. The molecule has 0 radical (unpaired) electrons. The predicted octanol–water partition coefficient (Wildman–Crippen LogP) is 5.09. The Labute approximate surface area is 195 Å². The summed E-state index contributed by atoms with van der Waals surface area (Å²) in [5, 5.41) is 0. The van der Waals surface area contributed by atoms with E-state index < -0.39 is 0 Å². The van der Waals surface area contributed by atoms with Crippen molar-refractivity contribution in [2.24, 2.45) is 0 Å². The van der Waals surface area contributed by atoms with Crippen molar-refractivity contribution in [3.05, 3.63) is 66.0 Å². The van der Waals surface area contributed by atoms with Crippen molar-refractivity contribution < 1.29 is 19.1 Å². The Bertz CT molecular complexity index is 971. The number of carbonyl (C=O) groups is 3. The molecule has 33 heavy (non-hydrogen) atoms. The smallest absolute Gasteiger partial charge is 0.306 e. The quantitative estimate of drug-likeness (QED) is 0.257. The summed E-state index contributed by atoms with van der Waals surface area (Å²) in [5.74, 6) is -0.0492. The van der Waals surface area contributed by atoms with E-state index in [1.165, 1.54) is 0 Å². The average Bonchev–Trinajstić information content (AvgIpc) is 3.19. The molecule has 1 aromatic heterocycles. The third-order valence-corrected chi connectivity index (χ3v) is 5.80. The SMILES string of the molecule is CCOC(=O)CC1CN(C(=O)CCCCCCC(=O)/C=C/c2cccnc2)c2ccccc21. The molecule has 0 aliphatic carbocycles. The molecule has 0 spiro atoms. The average molecular weight is 449 g/mol. The Hall–Kier alpha value is -3.28. The zero-order valence-electron chi connectivity index (χ0n) is 19.2. The number of benzene rings is 1. The maximum absolute atomic E-state index is 12.9. The standard InChI is InChI=1S/C27H32N2O4/c1-2-33-27(32)18-22-20-29(25-13-8-7-12-24(22)25)26(31)14-6-4-3-5-11-23(30)16-15-21-10-9-17-28-19-21/h7-10,12-13,15-17,19,22H,2-6,11,14,18,20H2,1H3/b16-15+. The summed E-state index contributed by atoms with van der Waals surface area (Å²) < 4.78 is 5.10. The van der Waals surface area contributed by atoms with E-state index >= 15 is 0 Å². The van der Waals surface area contributed by atoms with Crippen LogP contribution in [-0.4, -0.2) is 35.8 Å². The van der Waals surface area contributed by atoms with E-state index in [9.17, 15) is 14.4 Å². The number of amides is 1. The number of rotatable bonds is 12. The van der Waals surface area contributed by atoms with E-state index in [1.807, 2.05) is 41.3 Å². The van der Waals surface area contributed by atoms with Crippen LogP contribution in [0.25, 0.3) is 6.08 Å². The fourth-order valence-electron chi connectivity index (χ4n) is 4.14. The highest BCUT2D eigenvalue weighted by atomic mass is 16.5. The maximum atomic E-state index is 12.9. The van der Waals surface area contributed by atoms with Gasteiger partial charge in [0.15, 0.2) is 5.78 Å². The van der Waals surface area contributed by atoms with Gasteiger partial charge in [-0.3, -0.25) is 19.4 Å². The first-order valence-electron chi connectivity index (χ1n) is 11.7. The van der Waals surface area contributed by atoms with Crippen LogP contribution in [-0.2, 0) is 19.1 Å². The molecule has 1 aliphatic heterocycles. The number of aromatic nitrogens is 1. The number of fused-ring (bicyclic) bond motifs is 1. The predicted molar refractivity (Wildman–Crippen MR) is 129 cm³/mol. The molecule has 6 nitrogen and oxygen atoms in total. The number of carbonyl (C=O) groups excluding carboxylic acids is 3. The molecule has 1 atom stereocenters. The van der Waals surface area contributed by atoms with E-state index in [1.54, 1.807) is 31.5 Å². The second-order valence-electron chi connectivity index (χ2n) is 8.27. The van der Waals surface area contributed by atoms with E-state index in [0.29, 0.717) is 26.0 Å². The van der Waals surface area contributed by atoms with Crippen LogP contribution in [0.2, 0.25) is 0 Å². The third-order valence-electron chi connectivity index (χ3n) is 5.80. The van der Waals surface area contributed by atoms with Crippen LogP contribution in [0, 0.1) is 0 Å². The van der Waals surface area contributed by atoms with Gasteiger partial charge in [-0.2, -0.15) is 0 Å². The summed E-state index contributed by atoms with van der Waals surface area (Å²) in [5.41, 5.74) is 2.86. The van der Waals surface area contributed by atoms with Crippen LogP contribution in [0.15, 0.2) is 54.9 Å². The Kier molecular flexibility index (Phi) is 9.36. The number of ether oxygens (including phenoxy) is 1. The van der Waals surface area contributed by atoms with Crippen molar-refractivity contribution in [3.63, 3.8) is 0 Å². The highest BCUT2D eigenvalue weighted by molar-refractivity contribution is 5.96. The van der Waals surface area contributed by atoms with Crippen molar-refractivity contribution in [2.45, 2.75) is 57.8 Å². The maximum Gasteiger partial charge on any atom is 0.306 e. The lowest BCUT2D eigenvalue weighted by molar-refractivity contribution is -0.143. The van der Waals surface area contributed by atoms with Gasteiger partial charge in [-0.25, -0.2) is 0 Å². The number of ketones is 1. The van der Waals surface area contributed by atoms with Gasteiger partial charge in [0.1, 0.15) is 0 Å². The summed E-state index contributed by atoms with van der Waals surface area (Å²) in [6.45, 7) is 2.68. The molecule has 2 aromatic rings. The van der Waals surface area contributed by atoms with Gasteiger partial charge >= 0.3 is 5.97 Å². The minimum absolute atomic E-state index is 0.0186. The van der Waals surface area contributed by atoms with Gasteiger partial charge < -0.3 is 9.64 Å². The molecule has 0 saturated heterocycles. The number of nitrogens with zero attached hydrogens (tertiary/aromatic N) is 2. The first kappa shape index (κ1) is 24.4. The van der Waals surface area contributed by atoms with Crippen LogP contribution in [0.1, 0.15) is 68.9 Å². The summed E-state index contributed by atoms with van der Waals surface area (Å²) in [6.07, 6.45) is 11.5. The number of allylic oxidation sites excluding steroid dienone is 1. The number of unbranched alkanes of at least 4 members (excludes halogenated alkanes) is 3. The first-order chi connectivity index (χ1) is 16.1. The molecular formula is C27H32N2O4. The summed E-state index contributed by atoms with van der Waals surface area (Å²) in [4.78, 5) is 42.7. The Morgan fingerprint density at radius 2 is 1.85 bits per heavy atom. The highest BCUT2D eigenvalue weighted by Gasteiger charge is 2.33. The molecule has 2 heterocycles. The van der Waals surface area contributed by atoms with Crippen molar-refractivity contribution >= 4 is 29.4 Å². The number of hydrogen-bond acceptors (Lipinski definition) is 5. The van der Waals surface area contributed by atoms with Crippen molar-refractivity contribution in [2.75, 3.05) is 18.1 Å². The number of hydrogen-bond donors (Lipinski definition) is 0. The van der Waals surface area contributed by atoms with Gasteiger partial charge in [0.2, 0.25) is 5.91 Å². The fourth-order valence-corrected chi connectivity index (χ4v) is 4.14. The van der Waals surface area contributed by atoms with Gasteiger partial charge in [-0.15, -0.1) is 0 Å². The lowest BCUT2D eigenvalue weighted by Gasteiger charge is -2.18. The van der Waals surface area contributed by atoms with Crippen LogP contribution in [0.3, 0.4) is 0 Å². The van der Waals surface area contributed by atoms with Crippen molar-refractivity contribution in [1.29, 1.82) is 0 Å². The first-order valence-corrected chi connectivity index (χ1v) is 11.7. The second-order valence-corrected chi connectivity index (χ2v) is 8.27. The number of pyridine rings is 1. The normalized spacial score (nSPS) is 14.9. The second kappa shape index (κ2) is 12.7. The molecule has 3 rings (SSSR count). The van der Waals surface area contributed by atoms with E-state index in [4.69, 9.17) is 4.74 Å².